The summed E-state index contributed by atoms with van der Waals surface area (Å²) in [4.78, 5) is 9.27. The number of halogens is 3. The normalized spacial score (nSPS) is 23.3. The molecule has 9 heteroatoms. The summed E-state index contributed by atoms with van der Waals surface area (Å²) in [5, 5.41) is 3.81. The lowest BCUT2D eigenvalue weighted by molar-refractivity contribution is -0.0337. The fourth-order valence-electron chi connectivity index (χ4n) is 4.19. The first-order valence-electron chi connectivity index (χ1n) is 10.9. The highest BCUT2D eigenvalue weighted by molar-refractivity contribution is 14.0. The Bertz CT molecular complexity index is 701. The number of aliphatic imine (C=N–C) groups is 1. The van der Waals surface area contributed by atoms with E-state index < -0.39 is 0 Å². The van der Waals surface area contributed by atoms with Crippen molar-refractivity contribution in [3.05, 3.63) is 34.6 Å². The Morgan fingerprint density at radius 3 is 2.87 bits per heavy atom. The lowest BCUT2D eigenvalue weighted by Crippen LogP contribution is -2.45. The van der Waals surface area contributed by atoms with Crippen molar-refractivity contribution in [2.75, 3.05) is 59.6 Å². The summed E-state index contributed by atoms with van der Waals surface area (Å²) in [5.41, 5.74) is 0.514. The predicted molar refractivity (Wildman–Crippen MR) is 134 cm³/mol. The third-order valence-corrected chi connectivity index (χ3v) is 6.04. The van der Waals surface area contributed by atoms with E-state index in [1.165, 1.54) is 6.07 Å². The van der Waals surface area contributed by atoms with Crippen LogP contribution in [-0.4, -0.2) is 81.5 Å². The van der Waals surface area contributed by atoms with Gasteiger partial charge in [0, 0.05) is 56.3 Å². The van der Waals surface area contributed by atoms with Crippen LogP contribution in [-0.2, 0) is 9.47 Å². The van der Waals surface area contributed by atoms with Crippen molar-refractivity contribution < 1.29 is 13.9 Å². The van der Waals surface area contributed by atoms with Gasteiger partial charge in [-0.05, 0) is 32.4 Å². The molecule has 0 aliphatic carbocycles. The van der Waals surface area contributed by atoms with Crippen LogP contribution in [0.1, 0.15) is 31.9 Å². The monoisotopic (exact) mass is 568 g/mol. The molecule has 6 nitrogen and oxygen atoms in total. The van der Waals surface area contributed by atoms with E-state index >= 15 is 0 Å². The van der Waals surface area contributed by atoms with E-state index in [9.17, 15) is 4.39 Å². The average Bonchev–Trinajstić information content (AvgIpc) is 3.22. The van der Waals surface area contributed by atoms with Crippen LogP contribution in [0.15, 0.2) is 23.2 Å². The van der Waals surface area contributed by atoms with Crippen LogP contribution < -0.4 is 5.32 Å². The molecule has 0 saturated carbocycles. The van der Waals surface area contributed by atoms with Crippen LogP contribution in [0.5, 0.6) is 0 Å². The molecule has 1 aromatic rings. The molecule has 2 heterocycles. The maximum atomic E-state index is 14.8. The molecule has 0 bridgehead atoms. The van der Waals surface area contributed by atoms with Gasteiger partial charge in [-0.3, -0.25) is 9.89 Å². The Balaban J connectivity index is 0.00000341. The highest BCUT2D eigenvalue weighted by Crippen LogP contribution is 2.31. The number of morpholine rings is 1. The number of benzene rings is 1. The molecule has 2 saturated heterocycles. The van der Waals surface area contributed by atoms with Crippen LogP contribution in [0.2, 0.25) is 5.02 Å². The van der Waals surface area contributed by atoms with Crippen molar-refractivity contribution in [3.8, 4) is 0 Å². The highest BCUT2D eigenvalue weighted by Gasteiger charge is 2.29. The van der Waals surface area contributed by atoms with E-state index in [1.54, 1.807) is 12.1 Å². The van der Waals surface area contributed by atoms with E-state index in [-0.39, 0.29) is 41.9 Å². The van der Waals surface area contributed by atoms with Gasteiger partial charge in [0.05, 0.1) is 31.9 Å². The Labute approximate surface area is 207 Å². The zero-order valence-corrected chi connectivity index (χ0v) is 21.7. The number of nitrogens with one attached hydrogen (secondary N) is 1. The lowest BCUT2D eigenvalue weighted by Gasteiger charge is -2.37. The van der Waals surface area contributed by atoms with Gasteiger partial charge >= 0.3 is 0 Å². The summed E-state index contributed by atoms with van der Waals surface area (Å²) in [5.74, 6) is 1.04. The topological polar surface area (TPSA) is 49.3 Å². The lowest BCUT2D eigenvalue weighted by atomic mass is 10.0. The van der Waals surface area contributed by atoms with Crippen molar-refractivity contribution in [1.82, 2.24) is 15.1 Å². The van der Waals surface area contributed by atoms with Gasteiger partial charge in [0.25, 0.3) is 0 Å². The SMILES string of the molecule is CCNC(=NCC(c1c(F)cccc1Cl)N1CCOC(C)C1)N(C)CC1CCOC1.I. The first-order chi connectivity index (χ1) is 14.5. The minimum Gasteiger partial charge on any atom is -0.381 e. The zero-order valence-electron chi connectivity index (χ0n) is 18.7. The molecule has 0 radical (unpaired) electrons. The Morgan fingerprint density at radius 1 is 1.42 bits per heavy atom. The van der Waals surface area contributed by atoms with Crippen LogP contribution >= 0.6 is 35.6 Å². The second-order valence-electron chi connectivity index (χ2n) is 8.13. The van der Waals surface area contributed by atoms with E-state index in [0.717, 1.165) is 51.8 Å². The first kappa shape index (κ1) is 26.6. The molecule has 0 spiro atoms. The molecule has 31 heavy (non-hydrogen) atoms. The quantitative estimate of drug-likeness (QED) is 0.308. The molecular weight excluding hydrogens is 534 g/mol. The molecule has 1 N–H and O–H groups in total. The second-order valence-corrected chi connectivity index (χ2v) is 8.54. The molecule has 2 aliphatic heterocycles. The Hall–Kier alpha value is -0.680. The van der Waals surface area contributed by atoms with Gasteiger partial charge in [-0.1, -0.05) is 17.7 Å². The second kappa shape index (κ2) is 13.1. The number of rotatable bonds is 7. The molecular formula is C22H35ClFIN4O2. The molecule has 3 unspecified atom stereocenters. The van der Waals surface area contributed by atoms with Gasteiger partial charge in [-0.25, -0.2) is 4.39 Å². The average molecular weight is 569 g/mol. The minimum absolute atomic E-state index is 0. The Kier molecular flexibility index (Phi) is 11.3. The fourth-order valence-corrected chi connectivity index (χ4v) is 4.48. The van der Waals surface area contributed by atoms with Crippen molar-refractivity contribution in [1.29, 1.82) is 0 Å². The van der Waals surface area contributed by atoms with E-state index in [4.69, 9.17) is 26.1 Å². The Morgan fingerprint density at radius 2 is 2.23 bits per heavy atom. The van der Waals surface area contributed by atoms with Crippen molar-refractivity contribution >= 4 is 41.5 Å². The molecule has 3 rings (SSSR count). The fraction of sp³-hybridized carbons (Fsp3) is 0.682. The summed E-state index contributed by atoms with van der Waals surface area (Å²) in [6, 6.07) is 4.62. The first-order valence-corrected chi connectivity index (χ1v) is 11.2. The summed E-state index contributed by atoms with van der Waals surface area (Å²) in [6.07, 6.45) is 1.16. The summed E-state index contributed by atoms with van der Waals surface area (Å²) >= 11 is 6.45. The summed E-state index contributed by atoms with van der Waals surface area (Å²) < 4.78 is 26.0. The van der Waals surface area contributed by atoms with Crippen molar-refractivity contribution in [2.45, 2.75) is 32.4 Å². The van der Waals surface area contributed by atoms with Gasteiger partial charge in [-0.15, -0.1) is 24.0 Å². The summed E-state index contributed by atoms with van der Waals surface area (Å²) in [7, 11) is 2.04. The van der Waals surface area contributed by atoms with Crippen molar-refractivity contribution in [3.63, 3.8) is 0 Å². The molecule has 0 aromatic heterocycles. The van der Waals surface area contributed by atoms with Gasteiger partial charge in [0.15, 0.2) is 5.96 Å². The molecule has 0 amide bonds. The van der Waals surface area contributed by atoms with E-state index in [1.807, 2.05) is 14.0 Å². The maximum absolute atomic E-state index is 14.8. The number of nitrogens with zero attached hydrogens (tertiary/aromatic N) is 3. The molecule has 2 aliphatic rings. The van der Waals surface area contributed by atoms with Crippen LogP contribution in [0, 0.1) is 11.7 Å². The zero-order chi connectivity index (χ0) is 21.5. The number of guanidine groups is 1. The third-order valence-electron chi connectivity index (χ3n) is 5.71. The number of hydrogen-bond acceptors (Lipinski definition) is 4. The van der Waals surface area contributed by atoms with Crippen LogP contribution in [0.3, 0.4) is 0 Å². The van der Waals surface area contributed by atoms with Crippen molar-refractivity contribution in [2.24, 2.45) is 10.9 Å². The standard InChI is InChI=1S/C22H34ClFN4O2.HI/c1-4-25-22(27(3)14-17-8-10-29-15-17)26-12-20(28-9-11-30-16(2)13-28)21-18(23)6-5-7-19(21)24;/h5-7,16-17,20H,4,8-15H2,1-3H3,(H,25,26);1H. The van der Waals surface area contributed by atoms with Gasteiger partial charge in [0.2, 0.25) is 0 Å². The van der Waals surface area contributed by atoms with E-state index in [2.05, 4.69) is 22.0 Å². The smallest absolute Gasteiger partial charge is 0.193 e. The molecule has 3 atom stereocenters. The predicted octanol–water partition coefficient (Wildman–Crippen LogP) is 3.79. The highest BCUT2D eigenvalue weighted by atomic mass is 127. The molecule has 2 fully saturated rings. The molecule has 1 aromatic carbocycles. The third kappa shape index (κ3) is 7.42. The number of ether oxygens (including phenoxy) is 2. The van der Waals surface area contributed by atoms with Gasteiger partial charge in [-0.2, -0.15) is 0 Å². The molecule has 176 valence electrons. The van der Waals surface area contributed by atoms with Crippen LogP contribution in [0.25, 0.3) is 0 Å². The summed E-state index contributed by atoms with van der Waals surface area (Å²) in [6.45, 7) is 9.84. The van der Waals surface area contributed by atoms with Gasteiger partial charge in [0.1, 0.15) is 5.82 Å². The maximum Gasteiger partial charge on any atom is 0.193 e. The minimum atomic E-state index is -0.289. The van der Waals surface area contributed by atoms with Crippen LogP contribution in [0.4, 0.5) is 4.39 Å². The number of hydrogen-bond donors (Lipinski definition) is 1. The van der Waals surface area contributed by atoms with Gasteiger partial charge < -0.3 is 19.7 Å². The van der Waals surface area contributed by atoms with E-state index in [0.29, 0.717) is 29.7 Å². The largest absolute Gasteiger partial charge is 0.381 e.